The first-order valence-electron chi connectivity index (χ1n) is 7.94. The monoisotopic (exact) mass is 305 g/mol. The first kappa shape index (κ1) is 16.8. The van der Waals surface area contributed by atoms with Crippen LogP contribution in [0.1, 0.15) is 17.5 Å². The van der Waals surface area contributed by atoms with Gasteiger partial charge in [0.05, 0.1) is 0 Å². The zero-order valence-corrected chi connectivity index (χ0v) is 13.9. The summed E-state index contributed by atoms with van der Waals surface area (Å²) in [5.41, 5.74) is 3.30. The van der Waals surface area contributed by atoms with Gasteiger partial charge in [0.2, 0.25) is 0 Å². The van der Waals surface area contributed by atoms with E-state index in [1.807, 2.05) is 23.1 Å². The van der Waals surface area contributed by atoms with Gasteiger partial charge in [0.15, 0.2) is 0 Å². The molecule has 1 heterocycles. The minimum Gasteiger partial charge on any atom is -0.385 e. The summed E-state index contributed by atoms with van der Waals surface area (Å²) in [5.74, 6) is 0. The summed E-state index contributed by atoms with van der Waals surface area (Å²) in [6.07, 6.45) is 1.05. The number of ether oxygens (including phenoxy) is 1. The molecule has 5 nitrogen and oxygen atoms in total. The highest BCUT2D eigenvalue weighted by Gasteiger charge is 2.20. The van der Waals surface area contributed by atoms with Crippen LogP contribution < -0.4 is 5.32 Å². The maximum absolute atomic E-state index is 12.3. The van der Waals surface area contributed by atoms with Crippen molar-refractivity contribution in [3.63, 3.8) is 0 Å². The van der Waals surface area contributed by atoms with Crippen LogP contribution >= 0.6 is 0 Å². The number of anilines is 1. The van der Waals surface area contributed by atoms with Crippen molar-refractivity contribution >= 4 is 11.7 Å². The molecule has 1 N–H and O–H groups in total. The largest absolute Gasteiger partial charge is 0.385 e. The second-order valence-electron chi connectivity index (χ2n) is 5.90. The van der Waals surface area contributed by atoms with Crippen LogP contribution in [0, 0.1) is 13.8 Å². The van der Waals surface area contributed by atoms with Gasteiger partial charge >= 0.3 is 6.03 Å². The summed E-state index contributed by atoms with van der Waals surface area (Å²) in [6, 6.07) is 6.02. The fraction of sp³-hybridized carbons (Fsp3) is 0.588. The summed E-state index contributed by atoms with van der Waals surface area (Å²) in [6.45, 7) is 9.41. The Labute approximate surface area is 133 Å². The molecular formula is C17H27N3O2. The van der Waals surface area contributed by atoms with Gasteiger partial charge in [-0.15, -0.1) is 0 Å². The van der Waals surface area contributed by atoms with Crippen molar-refractivity contribution in [2.24, 2.45) is 0 Å². The number of rotatable bonds is 5. The van der Waals surface area contributed by atoms with Crippen LogP contribution in [0.15, 0.2) is 18.2 Å². The minimum absolute atomic E-state index is 0.000190. The fourth-order valence-corrected chi connectivity index (χ4v) is 2.63. The second kappa shape index (κ2) is 8.15. The zero-order valence-electron chi connectivity index (χ0n) is 13.9. The molecule has 5 heteroatoms. The van der Waals surface area contributed by atoms with Crippen molar-refractivity contribution in [3.8, 4) is 0 Å². The maximum atomic E-state index is 12.3. The summed E-state index contributed by atoms with van der Waals surface area (Å²) in [7, 11) is 1.73. The standard InChI is InChI=1S/C17H27N3O2/c1-14-5-6-16(13-15(14)2)18-17(21)20-10-8-19(9-11-20)7-4-12-22-3/h5-6,13H,4,7-12H2,1-3H3,(H,18,21). The summed E-state index contributed by atoms with van der Waals surface area (Å²) >= 11 is 0. The first-order chi connectivity index (χ1) is 10.6. The number of hydrogen-bond donors (Lipinski definition) is 1. The number of urea groups is 1. The Morgan fingerprint density at radius 3 is 2.55 bits per heavy atom. The molecule has 2 rings (SSSR count). The maximum Gasteiger partial charge on any atom is 0.321 e. The molecule has 1 aliphatic heterocycles. The summed E-state index contributed by atoms with van der Waals surface area (Å²) in [4.78, 5) is 16.6. The molecule has 1 aromatic carbocycles. The topological polar surface area (TPSA) is 44.8 Å². The van der Waals surface area contributed by atoms with Crippen LogP contribution in [0.3, 0.4) is 0 Å². The highest BCUT2D eigenvalue weighted by molar-refractivity contribution is 5.89. The summed E-state index contributed by atoms with van der Waals surface area (Å²) in [5, 5.41) is 3.00. The van der Waals surface area contributed by atoms with Crippen LogP contribution in [0.2, 0.25) is 0 Å². The molecule has 0 bridgehead atoms. The number of piperazine rings is 1. The van der Waals surface area contributed by atoms with Gasteiger partial charge in [-0.2, -0.15) is 0 Å². The highest BCUT2D eigenvalue weighted by atomic mass is 16.5. The van der Waals surface area contributed by atoms with Gasteiger partial charge in [0, 0.05) is 52.1 Å². The molecule has 2 amide bonds. The number of benzene rings is 1. The molecule has 1 aromatic rings. The van der Waals surface area contributed by atoms with Gasteiger partial charge in [-0.05, 0) is 43.5 Å². The van der Waals surface area contributed by atoms with E-state index in [4.69, 9.17) is 4.74 Å². The molecule has 122 valence electrons. The predicted octanol–water partition coefficient (Wildman–Crippen LogP) is 2.49. The van der Waals surface area contributed by atoms with Crippen molar-refractivity contribution in [1.82, 2.24) is 9.80 Å². The van der Waals surface area contributed by atoms with E-state index in [1.54, 1.807) is 7.11 Å². The quantitative estimate of drug-likeness (QED) is 0.850. The van der Waals surface area contributed by atoms with E-state index in [2.05, 4.69) is 24.1 Å². The van der Waals surface area contributed by atoms with E-state index >= 15 is 0 Å². The smallest absolute Gasteiger partial charge is 0.321 e. The van der Waals surface area contributed by atoms with Crippen molar-refractivity contribution < 1.29 is 9.53 Å². The third kappa shape index (κ3) is 4.71. The predicted molar refractivity (Wildman–Crippen MR) is 89.4 cm³/mol. The number of hydrogen-bond acceptors (Lipinski definition) is 3. The average Bonchev–Trinajstić information content (AvgIpc) is 2.52. The fourth-order valence-electron chi connectivity index (χ4n) is 2.63. The molecule has 1 saturated heterocycles. The SMILES string of the molecule is COCCCN1CCN(C(=O)Nc2ccc(C)c(C)c2)CC1. The Morgan fingerprint density at radius 2 is 1.91 bits per heavy atom. The van der Waals surface area contributed by atoms with E-state index in [9.17, 15) is 4.79 Å². The van der Waals surface area contributed by atoms with Crippen molar-refractivity contribution in [3.05, 3.63) is 29.3 Å². The number of aryl methyl sites for hydroxylation is 2. The van der Waals surface area contributed by atoms with Gasteiger partial charge < -0.3 is 15.0 Å². The molecule has 1 fully saturated rings. The lowest BCUT2D eigenvalue weighted by Gasteiger charge is -2.34. The number of nitrogens with zero attached hydrogens (tertiary/aromatic N) is 2. The number of carbonyl (C=O) groups is 1. The molecule has 0 saturated carbocycles. The molecule has 0 aliphatic carbocycles. The van der Waals surface area contributed by atoms with Gasteiger partial charge in [-0.3, -0.25) is 4.90 Å². The first-order valence-corrected chi connectivity index (χ1v) is 7.94. The molecule has 0 unspecified atom stereocenters. The van der Waals surface area contributed by atoms with Crippen molar-refractivity contribution in [2.75, 3.05) is 51.8 Å². The third-order valence-electron chi connectivity index (χ3n) is 4.24. The lowest BCUT2D eigenvalue weighted by Crippen LogP contribution is -2.50. The van der Waals surface area contributed by atoms with Gasteiger partial charge in [-0.1, -0.05) is 6.07 Å². The lowest BCUT2D eigenvalue weighted by atomic mass is 10.1. The normalized spacial score (nSPS) is 15.9. The number of amides is 2. The van der Waals surface area contributed by atoms with E-state index in [1.165, 1.54) is 11.1 Å². The Balaban J connectivity index is 1.78. The third-order valence-corrected chi connectivity index (χ3v) is 4.24. The Kier molecular flexibility index (Phi) is 6.21. The molecule has 0 spiro atoms. The van der Waals surface area contributed by atoms with Gasteiger partial charge in [-0.25, -0.2) is 4.79 Å². The van der Waals surface area contributed by atoms with E-state index < -0.39 is 0 Å². The number of carbonyl (C=O) groups excluding carboxylic acids is 1. The number of nitrogens with one attached hydrogen (secondary N) is 1. The van der Waals surface area contributed by atoms with Gasteiger partial charge in [0.25, 0.3) is 0 Å². The van der Waals surface area contributed by atoms with Crippen LogP contribution in [-0.4, -0.2) is 62.3 Å². The molecule has 1 aliphatic rings. The highest BCUT2D eigenvalue weighted by Crippen LogP contribution is 2.15. The van der Waals surface area contributed by atoms with E-state index in [0.717, 1.165) is 51.4 Å². The number of methoxy groups -OCH3 is 1. The molecule has 22 heavy (non-hydrogen) atoms. The van der Waals surface area contributed by atoms with Crippen LogP contribution in [-0.2, 0) is 4.74 Å². The van der Waals surface area contributed by atoms with Crippen molar-refractivity contribution in [2.45, 2.75) is 20.3 Å². The van der Waals surface area contributed by atoms with Gasteiger partial charge in [0.1, 0.15) is 0 Å². The Morgan fingerprint density at radius 1 is 1.18 bits per heavy atom. The van der Waals surface area contributed by atoms with Crippen LogP contribution in [0.4, 0.5) is 10.5 Å². The van der Waals surface area contributed by atoms with Crippen LogP contribution in [0.25, 0.3) is 0 Å². The Hall–Kier alpha value is -1.59. The Bertz CT molecular complexity index is 497. The van der Waals surface area contributed by atoms with E-state index in [0.29, 0.717) is 0 Å². The molecular weight excluding hydrogens is 278 g/mol. The van der Waals surface area contributed by atoms with E-state index in [-0.39, 0.29) is 6.03 Å². The van der Waals surface area contributed by atoms with Crippen molar-refractivity contribution in [1.29, 1.82) is 0 Å². The average molecular weight is 305 g/mol. The molecule has 0 atom stereocenters. The lowest BCUT2D eigenvalue weighted by molar-refractivity contribution is 0.130. The zero-order chi connectivity index (χ0) is 15.9. The molecule has 0 aromatic heterocycles. The second-order valence-corrected chi connectivity index (χ2v) is 5.90. The minimum atomic E-state index is -0.000190. The summed E-state index contributed by atoms with van der Waals surface area (Å²) < 4.78 is 5.08. The molecule has 0 radical (unpaired) electrons. The van der Waals surface area contributed by atoms with Crippen LogP contribution in [0.5, 0.6) is 0 Å².